The Labute approximate surface area is 177 Å². The molecule has 0 aliphatic heterocycles. The van der Waals surface area contributed by atoms with Crippen molar-refractivity contribution in [3.8, 4) is 0 Å². The first kappa shape index (κ1) is 23.1. The Hall–Kier alpha value is -1.14. The standard InChI is InChI=1S/C14H11Cl3F3N3O3S2/c1-27-8-4-2-3-7(15)10(8)28(25,26)22-12(24)9-11(16)23(13(17)21-9)6-5-14(18,19)20/h2-4H,5-6H2,1H3,(H,22,24). The van der Waals surface area contributed by atoms with Gasteiger partial charge in [0.2, 0.25) is 5.28 Å². The van der Waals surface area contributed by atoms with Gasteiger partial charge in [-0.15, -0.1) is 11.8 Å². The van der Waals surface area contributed by atoms with Crippen molar-refractivity contribution in [2.45, 2.75) is 28.9 Å². The number of nitrogens with one attached hydrogen (secondary N) is 1. The zero-order chi connectivity index (χ0) is 21.3. The smallest absolute Gasteiger partial charge is 0.305 e. The normalized spacial score (nSPS) is 12.2. The first-order chi connectivity index (χ1) is 12.9. The maximum Gasteiger partial charge on any atom is 0.390 e. The third-order valence-corrected chi connectivity index (χ3v) is 6.78. The summed E-state index contributed by atoms with van der Waals surface area (Å²) in [7, 11) is -4.42. The molecule has 1 heterocycles. The van der Waals surface area contributed by atoms with Gasteiger partial charge in [-0.1, -0.05) is 29.3 Å². The molecule has 0 bridgehead atoms. The second kappa shape index (κ2) is 8.70. The Morgan fingerprint density at radius 3 is 2.50 bits per heavy atom. The number of sulfonamides is 1. The molecule has 154 valence electrons. The summed E-state index contributed by atoms with van der Waals surface area (Å²) in [6, 6.07) is 4.36. The van der Waals surface area contributed by atoms with Gasteiger partial charge in [0.25, 0.3) is 15.9 Å². The lowest BCUT2D eigenvalue weighted by Crippen LogP contribution is -2.31. The van der Waals surface area contributed by atoms with Crippen LogP contribution in [0.1, 0.15) is 16.9 Å². The molecule has 2 rings (SSSR count). The Kier molecular flexibility index (Phi) is 7.19. The number of nitrogens with zero attached hydrogens (tertiary/aromatic N) is 2. The number of benzene rings is 1. The molecule has 0 aliphatic carbocycles. The van der Waals surface area contributed by atoms with Crippen LogP contribution < -0.4 is 4.72 Å². The maximum atomic E-state index is 12.6. The summed E-state index contributed by atoms with van der Waals surface area (Å²) in [4.78, 5) is 15.9. The van der Waals surface area contributed by atoms with E-state index in [1.165, 1.54) is 18.2 Å². The first-order valence-electron chi connectivity index (χ1n) is 7.25. The predicted octanol–water partition coefficient (Wildman–Crippen LogP) is 4.64. The van der Waals surface area contributed by atoms with E-state index in [1.807, 2.05) is 0 Å². The van der Waals surface area contributed by atoms with Crippen LogP contribution in [0.25, 0.3) is 0 Å². The van der Waals surface area contributed by atoms with Crippen molar-refractivity contribution in [1.82, 2.24) is 14.3 Å². The number of amides is 1. The van der Waals surface area contributed by atoms with E-state index >= 15 is 0 Å². The van der Waals surface area contributed by atoms with Gasteiger partial charge in [-0.2, -0.15) is 13.2 Å². The van der Waals surface area contributed by atoms with Gasteiger partial charge in [0, 0.05) is 11.4 Å². The minimum atomic E-state index is -4.49. The summed E-state index contributed by atoms with van der Waals surface area (Å²) in [6.45, 7) is -0.685. The molecule has 0 saturated heterocycles. The van der Waals surface area contributed by atoms with E-state index in [0.717, 1.165) is 16.3 Å². The molecule has 1 N–H and O–H groups in total. The second-order valence-electron chi connectivity index (χ2n) is 5.24. The zero-order valence-electron chi connectivity index (χ0n) is 13.8. The van der Waals surface area contributed by atoms with Crippen molar-refractivity contribution < 1.29 is 26.4 Å². The first-order valence-corrected chi connectivity index (χ1v) is 11.1. The van der Waals surface area contributed by atoms with Gasteiger partial charge >= 0.3 is 6.18 Å². The van der Waals surface area contributed by atoms with E-state index in [0.29, 0.717) is 0 Å². The van der Waals surface area contributed by atoms with Gasteiger partial charge in [-0.3, -0.25) is 4.79 Å². The Balaban J connectivity index is 2.33. The van der Waals surface area contributed by atoms with Crippen LogP contribution in [0.15, 0.2) is 28.0 Å². The van der Waals surface area contributed by atoms with Crippen molar-refractivity contribution >= 4 is 62.5 Å². The third kappa shape index (κ3) is 5.26. The average molecular weight is 497 g/mol. The van der Waals surface area contributed by atoms with Crippen molar-refractivity contribution in [1.29, 1.82) is 0 Å². The molecule has 0 radical (unpaired) electrons. The van der Waals surface area contributed by atoms with Gasteiger partial charge in [-0.25, -0.2) is 18.1 Å². The summed E-state index contributed by atoms with van der Waals surface area (Å²) in [6.07, 6.45) is -4.13. The van der Waals surface area contributed by atoms with Crippen LogP contribution in [0.3, 0.4) is 0 Å². The maximum absolute atomic E-state index is 12.6. The lowest BCUT2D eigenvalue weighted by atomic mass is 10.4. The molecule has 14 heteroatoms. The third-order valence-electron chi connectivity index (χ3n) is 3.34. The molecule has 0 unspecified atom stereocenters. The molecule has 0 saturated carbocycles. The van der Waals surface area contributed by atoms with Crippen molar-refractivity contribution in [3.63, 3.8) is 0 Å². The topological polar surface area (TPSA) is 81.1 Å². The summed E-state index contributed by atoms with van der Waals surface area (Å²) in [5.74, 6) is -1.26. The van der Waals surface area contributed by atoms with E-state index in [-0.39, 0.29) is 14.8 Å². The number of thioether (sulfide) groups is 1. The zero-order valence-corrected chi connectivity index (χ0v) is 17.8. The minimum Gasteiger partial charge on any atom is -0.305 e. The molecule has 0 spiro atoms. The number of carbonyl (C=O) groups is 1. The Morgan fingerprint density at radius 1 is 1.29 bits per heavy atom. The molecular formula is C14H11Cl3F3N3O3S2. The molecular weight excluding hydrogens is 486 g/mol. The van der Waals surface area contributed by atoms with Crippen LogP contribution in [0, 0.1) is 0 Å². The molecule has 1 aromatic carbocycles. The number of hydrogen-bond acceptors (Lipinski definition) is 5. The highest BCUT2D eigenvalue weighted by Gasteiger charge is 2.31. The quantitative estimate of drug-likeness (QED) is 0.590. The van der Waals surface area contributed by atoms with Crippen LogP contribution >= 0.6 is 46.6 Å². The van der Waals surface area contributed by atoms with Crippen molar-refractivity contribution in [2.75, 3.05) is 6.26 Å². The lowest BCUT2D eigenvalue weighted by Gasteiger charge is -2.11. The molecule has 28 heavy (non-hydrogen) atoms. The largest absolute Gasteiger partial charge is 0.390 e. The number of aromatic nitrogens is 2. The monoisotopic (exact) mass is 495 g/mol. The van der Waals surface area contributed by atoms with Gasteiger partial charge in [0.05, 0.1) is 11.4 Å². The van der Waals surface area contributed by atoms with Crippen molar-refractivity contribution in [3.05, 3.63) is 39.4 Å². The number of halogens is 6. The number of hydrogen-bond donors (Lipinski definition) is 1. The van der Waals surface area contributed by atoms with E-state index < -0.39 is 51.2 Å². The van der Waals surface area contributed by atoms with Gasteiger partial charge in [0.15, 0.2) is 5.69 Å². The van der Waals surface area contributed by atoms with Crippen LogP contribution in [-0.4, -0.2) is 36.3 Å². The summed E-state index contributed by atoms with van der Waals surface area (Å²) in [5, 5.41) is -1.13. The highest BCUT2D eigenvalue weighted by molar-refractivity contribution is 7.99. The Bertz CT molecular complexity index is 1010. The number of rotatable bonds is 6. The SMILES string of the molecule is CSc1cccc(Cl)c1S(=O)(=O)NC(=O)c1nc(Cl)n(CCC(F)(F)F)c1Cl. The van der Waals surface area contributed by atoms with Gasteiger partial charge < -0.3 is 4.57 Å². The number of alkyl halides is 3. The summed E-state index contributed by atoms with van der Waals surface area (Å²) < 4.78 is 64.9. The highest BCUT2D eigenvalue weighted by Crippen LogP contribution is 2.32. The average Bonchev–Trinajstić information content (AvgIpc) is 2.85. The molecule has 1 aromatic heterocycles. The van der Waals surface area contributed by atoms with Crippen LogP contribution in [0.4, 0.5) is 13.2 Å². The summed E-state index contributed by atoms with van der Waals surface area (Å²) >= 11 is 18.7. The molecule has 0 atom stereocenters. The number of carbonyl (C=O) groups excluding carboxylic acids is 1. The fourth-order valence-corrected chi connectivity index (χ4v) is 5.43. The van der Waals surface area contributed by atoms with Gasteiger partial charge in [0.1, 0.15) is 10.0 Å². The van der Waals surface area contributed by atoms with E-state index in [9.17, 15) is 26.4 Å². The van der Waals surface area contributed by atoms with Crippen LogP contribution in [0.2, 0.25) is 15.5 Å². The van der Waals surface area contributed by atoms with Crippen LogP contribution in [0.5, 0.6) is 0 Å². The van der Waals surface area contributed by atoms with Crippen LogP contribution in [-0.2, 0) is 16.6 Å². The van der Waals surface area contributed by atoms with E-state index in [2.05, 4.69) is 4.98 Å². The molecule has 0 fully saturated rings. The number of imidazole rings is 1. The fourth-order valence-electron chi connectivity index (χ4n) is 2.11. The fraction of sp³-hybridized carbons (Fsp3) is 0.286. The molecule has 0 aliphatic rings. The minimum absolute atomic E-state index is 0.119. The second-order valence-corrected chi connectivity index (χ2v) is 8.81. The lowest BCUT2D eigenvalue weighted by molar-refractivity contribution is -0.136. The van der Waals surface area contributed by atoms with E-state index in [4.69, 9.17) is 34.8 Å². The molecule has 1 amide bonds. The summed E-state index contributed by atoms with van der Waals surface area (Å²) in [5.41, 5.74) is -0.629. The predicted molar refractivity (Wildman–Crippen MR) is 101 cm³/mol. The molecule has 2 aromatic rings. The van der Waals surface area contributed by atoms with Gasteiger partial charge in [-0.05, 0) is 30.0 Å². The Morgan fingerprint density at radius 2 is 1.93 bits per heavy atom. The van der Waals surface area contributed by atoms with Crippen molar-refractivity contribution in [2.24, 2.45) is 0 Å². The highest BCUT2D eigenvalue weighted by atomic mass is 35.5. The molecule has 6 nitrogen and oxygen atoms in total. The van der Waals surface area contributed by atoms with E-state index in [1.54, 1.807) is 11.0 Å².